The molecular formula is C4H13N2NaO5. The molecule has 0 aromatic carbocycles. The maximum Gasteiger partial charge on any atom is 1.00 e. The van der Waals surface area contributed by atoms with Crippen molar-refractivity contribution < 1.29 is 55.1 Å². The SMILES string of the molecule is NC(N)=O.OCC(O)CO.[Na+].[OH-]. The van der Waals surface area contributed by atoms with E-state index in [0.29, 0.717) is 0 Å². The van der Waals surface area contributed by atoms with Gasteiger partial charge < -0.3 is 32.3 Å². The molecule has 0 bridgehead atoms. The fraction of sp³-hybridized carbons (Fsp3) is 0.750. The van der Waals surface area contributed by atoms with Crippen LogP contribution in [-0.2, 0) is 0 Å². The van der Waals surface area contributed by atoms with Gasteiger partial charge in [0.05, 0.1) is 13.2 Å². The Morgan fingerprint density at radius 2 is 1.42 bits per heavy atom. The normalized spacial score (nSPS) is 7.00. The second-order valence-corrected chi connectivity index (χ2v) is 1.42. The van der Waals surface area contributed by atoms with Gasteiger partial charge in [-0.1, -0.05) is 0 Å². The molecule has 7 nitrogen and oxygen atoms in total. The fourth-order valence-corrected chi connectivity index (χ4v) is 0.0577. The van der Waals surface area contributed by atoms with Crippen molar-refractivity contribution in [3.8, 4) is 0 Å². The monoisotopic (exact) mass is 192 g/mol. The molecule has 0 radical (unpaired) electrons. The average Bonchev–Trinajstić information content (AvgIpc) is 1.85. The van der Waals surface area contributed by atoms with Crippen molar-refractivity contribution >= 4 is 6.03 Å². The molecule has 2 amide bonds. The van der Waals surface area contributed by atoms with Crippen LogP contribution in [0.25, 0.3) is 0 Å². The van der Waals surface area contributed by atoms with Gasteiger partial charge in [0.2, 0.25) is 0 Å². The number of rotatable bonds is 2. The first kappa shape index (κ1) is 22.7. The molecule has 0 aromatic heterocycles. The average molecular weight is 192 g/mol. The van der Waals surface area contributed by atoms with Gasteiger partial charge in [-0.2, -0.15) is 0 Å². The van der Waals surface area contributed by atoms with E-state index in [9.17, 15) is 0 Å². The Bertz CT molecular complexity index is 85.5. The molecule has 0 saturated heterocycles. The summed E-state index contributed by atoms with van der Waals surface area (Å²) >= 11 is 0. The van der Waals surface area contributed by atoms with E-state index in [4.69, 9.17) is 20.1 Å². The van der Waals surface area contributed by atoms with Crippen LogP contribution in [0.4, 0.5) is 4.79 Å². The minimum absolute atomic E-state index is 0. The van der Waals surface area contributed by atoms with Crippen LogP contribution >= 0.6 is 0 Å². The molecular weight excluding hydrogens is 179 g/mol. The minimum atomic E-state index is -0.954. The molecule has 0 fully saturated rings. The Morgan fingerprint density at radius 3 is 1.42 bits per heavy atom. The zero-order chi connectivity index (χ0) is 8.57. The van der Waals surface area contributed by atoms with Crippen LogP contribution in [-0.4, -0.2) is 46.1 Å². The molecule has 0 rings (SSSR count). The molecule has 0 aliphatic carbocycles. The summed E-state index contributed by atoms with van der Waals surface area (Å²) in [4.78, 5) is 9.00. The Kier molecular flexibility index (Phi) is 32.7. The third kappa shape index (κ3) is 49.7. The van der Waals surface area contributed by atoms with Gasteiger partial charge >= 0.3 is 35.6 Å². The van der Waals surface area contributed by atoms with Gasteiger partial charge in [0.15, 0.2) is 0 Å². The van der Waals surface area contributed by atoms with Crippen LogP contribution in [0.2, 0.25) is 0 Å². The van der Waals surface area contributed by atoms with Gasteiger partial charge in [-0.05, 0) is 0 Å². The Balaban J connectivity index is -0.0000000483. The molecule has 12 heavy (non-hydrogen) atoms. The predicted octanol–water partition coefficient (Wildman–Crippen LogP) is -5.82. The number of nitrogens with two attached hydrogens (primary N) is 2. The van der Waals surface area contributed by atoms with E-state index >= 15 is 0 Å². The maximum absolute atomic E-state index is 9.00. The van der Waals surface area contributed by atoms with E-state index in [1.165, 1.54) is 0 Å². The number of carbonyl (C=O) groups excluding carboxylic acids is 1. The Labute approximate surface area is 92.0 Å². The molecule has 0 unspecified atom stereocenters. The molecule has 0 heterocycles. The molecule has 8 heteroatoms. The summed E-state index contributed by atoms with van der Waals surface area (Å²) in [7, 11) is 0. The van der Waals surface area contributed by atoms with E-state index in [1.54, 1.807) is 0 Å². The maximum atomic E-state index is 9.00. The minimum Gasteiger partial charge on any atom is -0.870 e. The van der Waals surface area contributed by atoms with E-state index in [0.717, 1.165) is 0 Å². The number of amides is 2. The van der Waals surface area contributed by atoms with Crippen molar-refractivity contribution in [1.82, 2.24) is 0 Å². The van der Waals surface area contributed by atoms with Crippen molar-refractivity contribution in [2.45, 2.75) is 6.10 Å². The molecule has 0 saturated carbocycles. The smallest absolute Gasteiger partial charge is 0.870 e. The number of aliphatic hydroxyl groups is 3. The quantitative estimate of drug-likeness (QED) is 0.275. The van der Waals surface area contributed by atoms with Crippen LogP contribution in [0, 0.1) is 0 Å². The molecule has 0 aliphatic rings. The number of carbonyl (C=O) groups is 1. The zero-order valence-corrected chi connectivity index (χ0v) is 8.84. The van der Waals surface area contributed by atoms with Crippen molar-refractivity contribution in [3.05, 3.63) is 0 Å². The Morgan fingerprint density at radius 1 is 1.25 bits per heavy atom. The number of urea groups is 1. The summed E-state index contributed by atoms with van der Waals surface area (Å²) in [6.07, 6.45) is -0.954. The van der Waals surface area contributed by atoms with E-state index in [1.807, 2.05) is 0 Å². The first-order valence-corrected chi connectivity index (χ1v) is 2.49. The third-order valence-corrected chi connectivity index (χ3v) is 0.421. The standard InChI is InChI=1S/C3H8O3.CH4N2O.Na.H2O/c4-1-3(6)2-5;2-1(3)4;;/h3-6H,1-2H2;(H4,2,3,4);;1H2/q;;+1;/p-1. The first-order chi connectivity index (χ1) is 4.54. The third-order valence-electron chi connectivity index (χ3n) is 0.421. The number of aliphatic hydroxyl groups excluding tert-OH is 3. The topological polar surface area (TPSA) is 160 Å². The molecule has 8 N–H and O–H groups in total. The predicted molar refractivity (Wildman–Crippen MR) is 35.9 cm³/mol. The number of hydrogen-bond donors (Lipinski definition) is 5. The largest absolute Gasteiger partial charge is 1.00 e. The second-order valence-electron chi connectivity index (χ2n) is 1.42. The summed E-state index contributed by atoms with van der Waals surface area (Å²) in [6, 6.07) is -0.833. The van der Waals surface area contributed by atoms with Gasteiger partial charge in [-0.3, -0.25) is 0 Å². The number of hydrogen-bond acceptors (Lipinski definition) is 5. The van der Waals surface area contributed by atoms with E-state index < -0.39 is 12.1 Å². The molecule has 70 valence electrons. The Hall–Kier alpha value is 0.110. The molecule has 0 aliphatic heterocycles. The van der Waals surface area contributed by atoms with Crippen LogP contribution in [0.15, 0.2) is 0 Å². The molecule has 0 aromatic rings. The zero-order valence-electron chi connectivity index (χ0n) is 6.84. The van der Waals surface area contributed by atoms with Crippen molar-refractivity contribution in [1.29, 1.82) is 0 Å². The number of primary amides is 2. The molecule has 0 atom stereocenters. The second kappa shape index (κ2) is 17.3. The summed E-state index contributed by atoms with van der Waals surface area (Å²) in [5.74, 6) is 0. The van der Waals surface area contributed by atoms with Gasteiger partial charge in [-0.15, -0.1) is 0 Å². The van der Waals surface area contributed by atoms with Crippen LogP contribution in [0.3, 0.4) is 0 Å². The van der Waals surface area contributed by atoms with Crippen LogP contribution in [0.5, 0.6) is 0 Å². The van der Waals surface area contributed by atoms with Gasteiger partial charge in [0.1, 0.15) is 6.10 Å². The van der Waals surface area contributed by atoms with E-state index in [2.05, 4.69) is 11.5 Å². The van der Waals surface area contributed by atoms with Crippen molar-refractivity contribution in [2.24, 2.45) is 11.5 Å². The van der Waals surface area contributed by atoms with Gasteiger partial charge in [0, 0.05) is 0 Å². The summed E-state index contributed by atoms with van der Waals surface area (Å²) in [5, 5.41) is 24.0. The van der Waals surface area contributed by atoms with Gasteiger partial charge in [0.25, 0.3) is 0 Å². The summed E-state index contributed by atoms with van der Waals surface area (Å²) in [6.45, 7) is -0.729. The van der Waals surface area contributed by atoms with Crippen molar-refractivity contribution in [2.75, 3.05) is 13.2 Å². The first-order valence-electron chi connectivity index (χ1n) is 2.49. The van der Waals surface area contributed by atoms with Crippen molar-refractivity contribution in [3.63, 3.8) is 0 Å². The molecule has 0 spiro atoms. The van der Waals surface area contributed by atoms with E-state index in [-0.39, 0.29) is 48.2 Å². The summed E-state index contributed by atoms with van der Waals surface area (Å²) in [5.41, 5.74) is 8.50. The van der Waals surface area contributed by atoms with Crippen LogP contribution in [0.1, 0.15) is 0 Å². The summed E-state index contributed by atoms with van der Waals surface area (Å²) < 4.78 is 0. The van der Waals surface area contributed by atoms with Gasteiger partial charge in [-0.25, -0.2) is 4.79 Å². The van der Waals surface area contributed by atoms with Crippen LogP contribution < -0.4 is 41.0 Å². The fourth-order valence-electron chi connectivity index (χ4n) is 0.0577.